The third kappa shape index (κ3) is 9.60. The van der Waals surface area contributed by atoms with Gasteiger partial charge in [0.15, 0.2) is 5.75 Å². The second-order valence-corrected chi connectivity index (χ2v) is 8.03. The maximum atomic E-state index is 12.2. The molecule has 0 saturated carbocycles. The molecular weight excluding hydrogens is 444 g/mol. The van der Waals surface area contributed by atoms with Crippen molar-refractivity contribution in [2.24, 2.45) is 0 Å². The van der Waals surface area contributed by atoms with Crippen LogP contribution in [0.25, 0.3) is 0 Å². The molecule has 0 aromatic heterocycles. The highest BCUT2D eigenvalue weighted by atomic mass is 35.5. The van der Waals surface area contributed by atoms with E-state index in [1.807, 2.05) is 4.90 Å². The van der Waals surface area contributed by atoms with Gasteiger partial charge in [0, 0.05) is 31.6 Å². The van der Waals surface area contributed by atoms with Gasteiger partial charge in [-0.05, 0) is 31.8 Å². The van der Waals surface area contributed by atoms with Crippen molar-refractivity contribution in [1.82, 2.24) is 4.90 Å². The van der Waals surface area contributed by atoms with Crippen LogP contribution in [-0.4, -0.2) is 37.1 Å². The first-order chi connectivity index (χ1) is 13.4. The van der Waals surface area contributed by atoms with Gasteiger partial charge in [-0.2, -0.15) is 0 Å². The SMILES string of the molecule is CCCN(CCC)C(=O)CCCCOc1c(Cl)cc(OCC=C(Cl)Cl)cc1Cl. The molecule has 0 N–H and O–H groups in total. The smallest absolute Gasteiger partial charge is 0.222 e. The van der Waals surface area contributed by atoms with E-state index in [1.54, 1.807) is 12.1 Å². The minimum absolute atomic E-state index is 0.128. The molecular formula is C20H27Cl4NO3. The minimum atomic E-state index is 0.128. The summed E-state index contributed by atoms with van der Waals surface area (Å²) in [5, 5.41) is 0.716. The highest BCUT2D eigenvalue weighted by molar-refractivity contribution is 6.55. The number of benzene rings is 1. The van der Waals surface area contributed by atoms with Gasteiger partial charge in [-0.25, -0.2) is 0 Å². The Morgan fingerprint density at radius 2 is 1.64 bits per heavy atom. The molecule has 1 aromatic carbocycles. The van der Waals surface area contributed by atoms with E-state index >= 15 is 0 Å². The summed E-state index contributed by atoms with van der Waals surface area (Å²) in [5.74, 6) is 1.10. The molecule has 0 unspecified atom stereocenters. The van der Waals surface area contributed by atoms with E-state index in [0.29, 0.717) is 34.6 Å². The summed E-state index contributed by atoms with van der Waals surface area (Å²) in [5.41, 5.74) is 0. The average molecular weight is 471 g/mol. The maximum Gasteiger partial charge on any atom is 0.222 e. The van der Waals surface area contributed by atoms with Crippen molar-refractivity contribution in [2.45, 2.75) is 46.0 Å². The zero-order valence-electron chi connectivity index (χ0n) is 16.3. The summed E-state index contributed by atoms with van der Waals surface area (Å²) in [6, 6.07) is 3.24. The number of hydrogen-bond acceptors (Lipinski definition) is 3. The molecule has 0 radical (unpaired) electrons. The van der Waals surface area contributed by atoms with Crippen molar-refractivity contribution in [3.63, 3.8) is 0 Å². The van der Waals surface area contributed by atoms with E-state index in [0.717, 1.165) is 38.8 Å². The molecule has 0 aliphatic carbocycles. The van der Waals surface area contributed by atoms with Gasteiger partial charge >= 0.3 is 0 Å². The number of ether oxygens (including phenoxy) is 2. The Morgan fingerprint density at radius 1 is 1.04 bits per heavy atom. The summed E-state index contributed by atoms with van der Waals surface area (Å²) < 4.78 is 11.3. The topological polar surface area (TPSA) is 38.8 Å². The monoisotopic (exact) mass is 469 g/mol. The van der Waals surface area contributed by atoms with E-state index in [1.165, 1.54) is 6.08 Å². The zero-order valence-corrected chi connectivity index (χ0v) is 19.3. The largest absolute Gasteiger partial charge is 0.490 e. The van der Waals surface area contributed by atoms with Gasteiger partial charge in [-0.15, -0.1) is 0 Å². The van der Waals surface area contributed by atoms with Crippen LogP contribution in [0.5, 0.6) is 11.5 Å². The predicted octanol–water partition coefficient (Wildman–Crippen LogP) is 6.89. The van der Waals surface area contributed by atoms with Gasteiger partial charge < -0.3 is 14.4 Å². The van der Waals surface area contributed by atoms with Gasteiger partial charge in [0.2, 0.25) is 5.91 Å². The van der Waals surface area contributed by atoms with Crippen molar-refractivity contribution in [1.29, 1.82) is 0 Å². The molecule has 0 bridgehead atoms. The quantitative estimate of drug-likeness (QED) is 0.294. The van der Waals surface area contributed by atoms with Crippen LogP contribution in [0.1, 0.15) is 46.0 Å². The van der Waals surface area contributed by atoms with E-state index < -0.39 is 0 Å². The molecule has 4 nitrogen and oxygen atoms in total. The van der Waals surface area contributed by atoms with Crippen LogP contribution >= 0.6 is 46.4 Å². The molecule has 1 aromatic rings. The van der Waals surface area contributed by atoms with Crippen molar-refractivity contribution in [3.8, 4) is 11.5 Å². The lowest BCUT2D eigenvalue weighted by molar-refractivity contribution is -0.131. The van der Waals surface area contributed by atoms with Crippen molar-refractivity contribution in [3.05, 3.63) is 32.7 Å². The fourth-order valence-corrected chi connectivity index (χ4v) is 3.27. The minimum Gasteiger partial charge on any atom is -0.490 e. The average Bonchev–Trinajstić information content (AvgIpc) is 2.62. The van der Waals surface area contributed by atoms with Crippen LogP contribution < -0.4 is 9.47 Å². The Balaban J connectivity index is 2.44. The molecule has 0 aliphatic rings. The third-order valence-corrected chi connectivity index (χ3v) is 4.70. The van der Waals surface area contributed by atoms with Crippen LogP contribution in [0.3, 0.4) is 0 Å². The molecule has 0 aliphatic heterocycles. The van der Waals surface area contributed by atoms with Crippen molar-refractivity contribution >= 4 is 52.3 Å². The number of carbonyl (C=O) groups excluding carboxylic acids is 1. The molecule has 28 heavy (non-hydrogen) atoms. The van der Waals surface area contributed by atoms with Crippen LogP contribution in [0.4, 0.5) is 0 Å². The molecule has 0 fully saturated rings. The summed E-state index contributed by atoms with van der Waals surface area (Å²) in [6.45, 7) is 6.43. The van der Waals surface area contributed by atoms with Gasteiger partial charge in [0.1, 0.15) is 16.8 Å². The molecule has 1 amide bonds. The highest BCUT2D eigenvalue weighted by Crippen LogP contribution is 2.37. The maximum absolute atomic E-state index is 12.2. The first kappa shape index (κ1) is 25.2. The van der Waals surface area contributed by atoms with Gasteiger partial charge in [-0.1, -0.05) is 60.3 Å². The lowest BCUT2D eigenvalue weighted by atomic mass is 10.2. The molecule has 0 spiro atoms. The number of amides is 1. The Kier molecular flexibility index (Phi) is 12.8. The predicted molar refractivity (Wildman–Crippen MR) is 118 cm³/mol. The van der Waals surface area contributed by atoms with Crippen LogP contribution in [0.2, 0.25) is 10.0 Å². The van der Waals surface area contributed by atoms with Crippen LogP contribution in [-0.2, 0) is 4.79 Å². The first-order valence-corrected chi connectivity index (χ1v) is 10.9. The summed E-state index contributed by atoms with van der Waals surface area (Å²) in [6.07, 6.45) is 5.47. The molecule has 8 heteroatoms. The number of hydrogen-bond donors (Lipinski definition) is 0. The summed E-state index contributed by atoms with van der Waals surface area (Å²) >= 11 is 23.5. The fraction of sp³-hybridized carbons (Fsp3) is 0.550. The fourth-order valence-electron chi connectivity index (χ4n) is 2.57. The van der Waals surface area contributed by atoms with E-state index in [9.17, 15) is 4.79 Å². The Morgan fingerprint density at radius 3 is 2.18 bits per heavy atom. The zero-order chi connectivity index (χ0) is 20.9. The molecule has 0 heterocycles. The Labute approximate surface area is 187 Å². The highest BCUT2D eigenvalue weighted by Gasteiger charge is 2.13. The normalized spacial score (nSPS) is 10.5. The van der Waals surface area contributed by atoms with Crippen molar-refractivity contribution in [2.75, 3.05) is 26.3 Å². The Hall–Kier alpha value is -0.810. The van der Waals surface area contributed by atoms with Gasteiger partial charge in [-0.3, -0.25) is 4.79 Å². The molecule has 0 atom stereocenters. The van der Waals surface area contributed by atoms with Gasteiger partial charge in [0.25, 0.3) is 0 Å². The second kappa shape index (κ2) is 14.2. The third-order valence-electron chi connectivity index (χ3n) is 3.83. The second-order valence-electron chi connectivity index (χ2n) is 6.21. The number of halogens is 4. The Bertz CT molecular complexity index is 619. The number of unbranched alkanes of at least 4 members (excludes halogenated alkanes) is 1. The standard InChI is InChI=1S/C20H27Cl4NO3/c1-3-9-25(10-4-2)19(26)7-5-6-11-28-20-16(21)13-15(14-17(20)22)27-12-8-18(23)24/h8,13-14H,3-7,9-12H2,1-2H3. The first-order valence-electron chi connectivity index (χ1n) is 9.42. The van der Waals surface area contributed by atoms with Crippen molar-refractivity contribution < 1.29 is 14.3 Å². The summed E-state index contributed by atoms with van der Waals surface area (Å²) in [7, 11) is 0. The van der Waals surface area contributed by atoms with E-state index in [2.05, 4.69) is 13.8 Å². The number of carbonyl (C=O) groups is 1. The molecule has 1 rings (SSSR count). The molecule has 158 valence electrons. The lowest BCUT2D eigenvalue weighted by Gasteiger charge is -2.21. The van der Waals surface area contributed by atoms with Crippen LogP contribution in [0.15, 0.2) is 22.7 Å². The van der Waals surface area contributed by atoms with E-state index in [-0.39, 0.29) is 17.0 Å². The molecule has 0 saturated heterocycles. The number of rotatable bonds is 13. The number of nitrogens with zero attached hydrogens (tertiary/aromatic N) is 1. The van der Waals surface area contributed by atoms with Gasteiger partial charge in [0.05, 0.1) is 16.7 Å². The summed E-state index contributed by atoms with van der Waals surface area (Å²) in [4.78, 5) is 14.2. The lowest BCUT2D eigenvalue weighted by Crippen LogP contribution is -2.32. The van der Waals surface area contributed by atoms with E-state index in [4.69, 9.17) is 55.9 Å². The van der Waals surface area contributed by atoms with Crippen LogP contribution in [0, 0.1) is 0 Å².